The number of halogens is 1. The average Bonchev–Trinajstić information content (AvgIpc) is 1.61. The van der Waals surface area contributed by atoms with Gasteiger partial charge in [-0.15, -0.1) is 0 Å². The number of carbonyl (C=O) groups is 1. The van der Waals surface area contributed by atoms with Crippen LogP contribution in [-0.2, 0) is 4.79 Å². The molecule has 1 atom stereocenters. The van der Waals surface area contributed by atoms with E-state index in [-0.39, 0.29) is 0 Å². The summed E-state index contributed by atoms with van der Waals surface area (Å²) in [5, 5.41) is 8.16. The fourth-order valence-corrected chi connectivity index (χ4v) is 0.634. The summed E-state index contributed by atoms with van der Waals surface area (Å²) in [6, 6.07) is 0. The van der Waals surface area contributed by atoms with E-state index in [1.165, 1.54) is 0 Å². The summed E-state index contributed by atoms with van der Waals surface area (Å²) in [5.41, 5.74) is 0. The maximum Gasteiger partial charge on any atom is 0.303 e. The Kier molecular flexibility index (Phi) is 4.22. The SMILES string of the molecule is CC(I)CCC(=O)O. The first-order valence-corrected chi connectivity index (χ1v) is 3.73. The van der Waals surface area contributed by atoms with Gasteiger partial charge in [0.25, 0.3) is 0 Å². The Morgan fingerprint density at radius 2 is 2.38 bits per heavy atom. The van der Waals surface area contributed by atoms with Crippen LogP contribution in [0.2, 0.25) is 0 Å². The molecule has 1 unspecified atom stereocenters. The molecule has 1 N–H and O–H groups in total. The lowest BCUT2D eigenvalue weighted by molar-refractivity contribution is -0.137. The summed E-state index contributed by atoms with van der Waals surface area (Å²) in [6.45, 7) is 2.00. The Bertz CT molecular complexity index is 80.5. The van der Waals surface area contributed by atoms with E-state index in [1.807, 2.05) is 6.92 Å². The van der Waals surface area contributed by atoms with Crippen molar-refractivity contribution in [3.8, 4) is 0 Å². The van der Waals surface area contributed by atoms with Gasteiger partial charge in [-0.3, -0.25) is 4.79 Å². The van der Waals surface area contributed by atoms with Crippen molar-refractivity contribution in [3.63, 3.8) is 0 Å². The van der Waals surface area contributed by atoms with Crippen LogP contribution < -0.4 is 0 Å². The van der Waals surface area contributed by atoms with Gasteiger partial charge in [0.05, 0.1) is 0 Å². The van der Waals surface area contributed by atoms with Gasteiger partial charge in [-0.25, -0.2) is 0 Å². The second-order valence-corrected chi connectivity index (χ2v) is 3.84. The van der Waals surface area contributed by atoms with E-state index in [2.05, 4.69) is 22.6 Å². The summed E-state index contributed by atoms with van der Waals surface area (Å²) in [6.07, 6.45) is 1.07. The van der Waals surface area contributed by atoms with Crippen molar-refractivity contribution in [2.24, 2.45) is 0 Å². The topological polar surface area (TPSA) is 37.3 Å². The highest BCUT2D eigenvalue weighted by Crippen LogP contribution is 2.05. The lowest BCUT2D eigenvalue weighted by atomic mass is 10.3. The number of carboxylic acid groups (broad SMARTS) is 1. The number of carboxylic acids is 1. The highest BCUT2D eigenvalue weighted by atomic mass is 127. The molecule has 0 aromatic heterocycles. The summed E-state index contributed by atoms with van der Waals surface area (Å²) in [4.78, 5) is 9.90. The smallest absolute Gasteiger partial charge is 0.303 e. The normalized spacial score (nSPS) is 13.2. The predicted molar refractivity (Wildman–Crippen MR) is 40.4 cm³/mol. The molecule has 0 spiro atoms. The van der Waals surface area contributed by atoms with Crippen molar-refractivity contribution >= 4 is 28.6 Å². The van der Waals surface area contributed by atoms with E-state index in [1.54, 1.807) is 0 Å². The lowest BCUT2D eigenvalue weighted by Gasteiger charge is -1.95. The third-order valence-corrected chi connectivity index (χ3v) is 1.38. The fraction of sp³-hybridized carbons (Fsp3) is 0.800. The van der Waals surface area contributed by atoms with Crippen molar-refractivity contribution < 1.29 is 9.90 Å². The van der Waals surface area contributed by atoms with Crippen LogP contribution >= 0.6 is 22.6 Å². The van der Waals surface area contributed by atoms with E-state index in [9.17, 15) is 4.79 Å². The van der Waals surface area contributed by atoms with Crippen molar-refractivity contribution in [2.45, 2.75) is 23.7 Å². The molecule has 0 aliphatic heterocycles. The predicted octanol–water partition coefficient (Wildman–Crippen LogP) is 1.67. The molecule has 48 valence electrons. The summed E-state index contributed by atoms with van der Waals surface area (Å²) in [7, 11) is 0. The first kappa shape index (κ1) is 8.20. The maximum atomic E-state index is 9.90. The molecule has 0 aliphatic carbocycles. The van der Waals surface area contributed by atoms with Crippen LogP contribution in [0, 0.1) is 0 Å². The third kappa shape index (κ3) is 6.20. The zero-order valence-corrected chi connectivity index (χ0v) is 6.88. The Balaban J connectivity index is 3.05. The van der Waals surface area contributed by atoms with Crippen molar-refractivity contribution in [1.29, 1.82) is 0 Å². The molecule has 0 aromatic carbocycles. The second-order valence-electron chi connectivity index (χ2n) is 1.71. The zero-order valence-electron chi connectivity index (χ0n) is 4.72. The number of hydrogen-bond acceptors (Lipinski definition) is 1. The van der Waals surface area contributed by atoms with Crippen molar-refractivity contribution in [1.82, 2.24) is 0 Å². The van der Waals surface area contributed by atoms with Gasteiger partial charge in [-0.05, 0) is 6.42 Å². The van der Waals surface area contributed by atoms with E-state index in [4.69, 9.17) is 5.11 Å². The minimum atomic E-state index is -0.700. The van der Waals surface area contributed by atoms with E-state index in [0.717, 1.165) is 6.42 Å². The molecule has 3 heteroatoms. The van der Waals surface area contributed by atoms with Gasteiger partial charge in [0.1, 0.15) is 0 Å². The molecule has 0 rings (SSSR count). The van der Waals surface area contributed by atoms with Crippen LogP contribution in [0.3, 0.4) is 0 Å². The molecule has 0 amide bonds. The van der Waals surface area contributed by atoms with Crippen molar-refractivity contribution in [2.75, 3.05) is 0 Å². The number of hydrogen-bond donors (Lipinski definition) is 1. The lowest BCUT2D eigenvalue weighted by Crippen LogP contribution is -1.98. The number of rotatable bonds is 3. The Morgan fingerprint density at radius 1 is 1.88 bits per heavy atom. The average molecular weight is 228 g/mol. The van der Waals surface area contributed by atoms with Gasteiger partial charge >= 0.3 is 5.97 Å². The first-order chi connectivity index (χ1) is 3.63. The third-order valence-electron chi connectivity index (χ3n) is 0.756. The van der Waals surface area contributed by atoms with Gasteiger partial charge in [0.15, 0.2) is 0 Å². The van der Waals surface area contributed by atoms with Crippen LogP contribution in [0.25, 0.3) is 0 Å². The zero-order chi connectivity index (χ0) is 6.57. The van der Waals surface area contributed by atoms with Crippen LogP contribution in [0.4, 0.5) is 0 Å². The van der Waals surface area contributed by atoms with Crippen LogP contribution in [-0.4, -0.2) is 15.0 Å². The molecule has 0 bridgehead atoms. The van der Waals surface area contributed by atoms with Gasteiger partial charge < -0.3 is 5.11 Å². The summed E-state index contributed by atoms with van der Waals surface area (Å²) >= 11 is 2.21. The Hall–Kier alpha value is 0.200. The summed E-state index contributed by atoms with van der Waals surface area (Å²) < 4.78 is 0.476. The quantitative estimate of drug-likeness (QED) is 0.589. The van der Waals surface area contributed by atoms with Crippen LogP contribution in [0.15, 0.2) is 0 Å². The Labute approximate surface area is 62.4 Å². The van der Waals surface area contributed by atoms with E-state index < -0.39 is 5.97 Å². The molecule has 0 aliphatic rings. The van der Waals surface area contributed by atoms with E-state index in [0.29, 0.717) is 10.3 Å². The number of alkyl halides is 1. The second kappa shape index (κ2) is 4.12. The van der Waals surface area contributed by atoms with Gasteiger partial charge in [0.2, 0.25) is 0 Å². The maximum absolute atomic E-state index is 9.90. The minimum Gasteiger partial charge on any atom is -0.481 e. The van der Waals surface area contributed by atoms with E-state index >= 15 is 0 Å². The fourth-order valence-electron chi connectivity index (χ4n) is 0.322. The minimum absolute atomic E-state index is 0.296. The van der Waals surface area contributed by atoms with Gasteiger partial charge in [-0.1, -0.05) is 29.5 Å². The molecular formula is C5H9IO2. The highest BCUT2D eigenvalue weighted by molar-refractivity contribution is 14.1. The molecule has 8 heavy (non-hydrogen) atoms. The molecule has 0 radical (unpaired) electrons. The molecular weight excluding hydrogens is 219 g/mol. The van der Waals surface area contributed by atoms with Gasteiger partial charge in [-0.2, -0.15) is 0 Å². The molecule has 2 nitrogen and oxygen atoms in total. The molecule has 0 heterocycles. The monoisotopic (exact) mass is 228 g/mol. The van der Waals surface area contributed by atoms with Crippen molar-refractivity contribution in [3.05, 3.63) is 0 Å². The molecule has 0 saturated heterocycles. The van der Waals surface area contributed by atoms with Crippen LogP contribution in [0.1, 0.15) is 19.8 Å². The van der Waals surface area contributed by atoms with Gasteiger partial charge in [0, 0.05) is 10.3 Å². The van der Waals surface area contributed by atoms with Crippen LogP contribution in [0.5, 0.6) is 0 Å². The Morgan fingerprint density at radius 3 is 2.50 bits per heavy atom. The number of aliphatic carboxylic acids is 1. The largest absolute Gasteiger partial charge is 0.481 e. The molecule has 0 saturated carbocycles. The first-order valence-electron chi connectivity index (χ1n) is 2.49. The molecule has 0 fully saturated rings. The standard InChI is InChI=1S/C5H9IO2/c1-4(6)2-3-5(7)8/h4H,2-3H2,1H3,(H,7,8). The highest BCUT2D eigenvalue weighted by Gasteiger charge is 1.99. The molecule has 0 aromatic rings. The summed E-state index contributed by atoms with van der Waals surface area (Å²) in [5.74, 6) is -0.700.